The molecule has 0 nitrogen and oxygen atoms in total. The van der Waals surface area contributed by atoms with Gasteiger partial charge in [0.1, 0.15) is 0 Å². The first-order valence-corrected chi connectivity index (χ1v) is 4.46. The summed E-state index contributed by atoms with van der Waals surface area (Å²) in [5.74, 6) is 0.534. The summed E-state index contributed by atoms with van der Waals surface area (Å²) < 4.78 is 0. The highest BCUT2D eigenvalue weighted by Crippen LogP contribution is 2.25. The molecule has 1 aromatic carbocycles. The second-order valence-corrected chi connectivity index (χ2v) is 3.22. The Morgan fingerprint density at radius 1 is 1.33 bits per heavy atom. The fourth-order valence-corrected chi connectivity index (χ4v) is 1.55. The average Bonchev–Trinajstić information content (AvgIpc) is 2.07. The van der Waals surface area contributed by atoms with Gasteiger partial charge in [-0.15, -0.1) is 0 Å². The van der Waals surface area contributed by atoms with Gasteiger partial charge < -0.3 is 0 Å². The molecule has 0 unspecified atom stereocenters. The molecular weight excluding hydrogens is 144 g/mol. The minimum absolute atomic E-state index is 0.534. The number of hydrogen-bond donors (Lipinski definition) is 0. The maximum atomic E-state index is 4.00. The van der Waals surface area contributed by atoms with E-state index in [0.717, 1.165) is 6.42 Å². The van der Waals surface area contributed by atoms with E-state index in [9.17, 15) is 0 Å². The zero-order valence-electron chi connectivity index (χ0n) is 7.88. The molecule has 0 spiro atoms. The molecular formula is C12H16. The molecule has 0 heteroatoms. The summed E-state index contributed by atoms with van der Waals surface area (Å²) in [6.45, 7) is 8.30. The molecule has 0 heterocycles. The Bertz CT molecular complexity index is 246. The van der Waals surface area contributed by atoms with Gasteiger partial charge in [0.15, 0.2) is 0 Å². The Morgan fingerprint density at radius 2 is 1.92 bits per heavy atom. The van der Waals surface area contributed by atoms with Gasteiger partial charge in [0.05, 0.1) is 0 Å². The van der Waals surface area contributed by atoms with Crippen LogP contribution in [0.2, 0.25) is 0 Å². The van der Waals surface area contributed by atoms with Crippen LogP contribution in [0.3, 0.4) is 0 Å². The summed E-state index contributed by atoms with van der Waals surface area (Å²) in [5.41, 5.74) is 2.64. The van der Waals surface area contributed by atoms with Gasteiger partial charge in [0.2, 0.25) is 0 Å². The molecule has 1 atom stereocenters. The quantitative estimate of drug-likeness (QED) is 0.591. The molecule has 0 aliphatic heterocycles. The summed E-state index contributed by atoms with van der Waals surface area (Å²) in [7, 11) is 0. The first-order valence-electron chi connectivity index (χ1n) is 4.46. The lowest BCUT2D eigenvalue weighted by atomic mass is 9.91. The molecule has 0 amide bonds. The van der Waals surface area contributed by atoms with Gasteiger partial charge in [0, 0.05) is 5.92 Å². The first-order chi connectivity index (χ1) is 5.75. The van der Waals surface area contributed by atoms with Crippen LogP contribution in [-0.2, 0) is 0 Å². The van der Waals surface area contributed by atoms with Gasteiger partial charge in [0.25, 0.3) is 0 Å². The van der Waals surface area contributed by atoms with Crippen LogP contribution >= 0.6 is 0 Å². The molecule has 0 saturated heterocycles. The maximum absolute atomic E-state index is 4.00. The Kier molecular flexibility index (Phi) is 3.09. The summed E-state index contributed by atoms with van der Waals surface area (Å²) >= 11 is 0. The van der Waals surface area contributed by atoms with Crippen molar-refractivity contribution in [1.29, 1.82) is 0 Å². The fourth-order valence-electron chi connectivity index (χ4n) is 1.55. The molecule has 0 N–H and O–H groups in total. The molecule has 64 valence electrons. The van der Waals surface area contributed by atoms with Crippen molar-refractivity contribution in [1.82, 2.24) is 0 Å². The standard InChI is InChI=1S/C12H16/c1-4-12(10(2)3)11-8-6-5-7-9-11/h5-9,12H,2,4H2,1,3H3/t12-/m1/s1. The van der Waals surface area contributed by atoms with E-state index in [2.05, 4.69) is 50.8 Å². The third-order valence-electron chi connectivity index (χ3n) is 2.21. The largest absolute Gasteiger partial charge is 0.0995 e. The topological polar surface area (TPSA) is 0 Å². The molecule has 1 aromatic rings. The highest BCUT2D eigenvalue weighted by molar-refractivity contribution is 5.26. The van der Waals surface area contributed by atoms with Gasteiger partial charge in [-0.3, -0.25) is 0 Å². The Balaban J connectivity index is 2.88. The van der Waals surface area contributed by atoms with E-state index in [1.54, 1.807) is 0 Å². The van der Waals surface area contributed by atoms with Crippen LogP contribution in [0.1, 0.15) is 31.7 Å². The Labute approximate surface area is 74.9 Å². The third kappa shape index (κ3) is 1.97. The second-order valence-electron chi connectivity index (χ2n) is 3.22. The number of benzene rings is 1. The zero-order chi connectivity index (χ0) is 8.97. The summed E-state index contributed by atoms with van der Waals surface area (Å²) in [4.78, 5) is 0. The SMILES string of the molecule is C=C(C)[C@@H](CC)c1ccccc1. The molecule has 1 rings (SSSR count). The molecule has 0 aromatic heterocycles. The average molecular weight is 160 g/mol. The van der Waals surface area contributed by atoms with Crippen molar-refractivity contribution >= 4 is 0 Å². The maximum Gasteiger partial charge on any atom is 0.00400 e. The van der Waals surface area contributed by atoms with Gasteiger partial charge >= 0.3 is 0 Å². The van der Waals surface area contributed by atoms with E-state index in [1.807, 2.05) is 0 Å². The van der Waals surface area contributed by atoms with Crippen LogP contribution in [0.15, 0.2) is 42.5 Å². The first kappa shape index (κ1) is 9.05. The van der Waals surface area contributed by atoms with E-state index in [4.69, 9.17) is 0 Å². The van der Waals surface area contributed by atoms with Crippen molar-refractivity contribution in [2.75, 3.05) is 0 Å². The van der Waals surface area contributed by atoms with Gasteiger partial charge in [-0.05, 0) is 18.9 Å². The lowest BCUT2D eigenvalue weighted by Crippen LogP contribution is -1.96. The molecule has 0 aliphatic rings. The third-order valence-corrected chi connectivity index (χ3v) is 2.21. The highest BCUT2D eigenvalue weighted by Gasteiger charge is 2.07. The van der Waals surface area contributed by atoms with Crippen LogP contribution in [0, 0.1) is 0 Å². The van der Waals surface area contributed by atoms with Crippen molar-refractivity contribution in [2.45, 2.75) is 26.2 Å². The summed E-state index contributed by atoms with van der Waals surface area (Å²) in [6, 6.07) is 10.6. The highest BCUT2D eigenvalue weighted by atomic mass is 14.1. The molecule has 0 aliphatic carbocycles. The van der Waals surface area contributed by atoms with E-state index < -0.39 is 0 Å². The molecule has 0 fully saturated rings. The Morgan fingerprint density at radius 3 is 2.33 bits per heavy atom. The van der Waals surface area contributed by atoms with Crippen LogP contribution in [-0.4, -0.2) is 0 Å². The monoisotopic (exact) mass is 160 g/mol. The predicted molar refractivity (Wildman–Crippen MR) is 54.3 cm³/mol. The van der Waals surface area contributed by atoms with Crippen molar-refractivity contribution in [3.63, 3.8) is 0 Å². The van der Waals surface area contributed by atoms with Crippen LogP contribution < -0.4 is 0 Å². The minimum atomic E-state index is 0.534. The molecule has 12 heavy (non-hydrogen) atoms. The molecule has 0 radical (unpaired) electrons. The van der Waals surface area contributed by atoms with Crippen LogP contribution in [0.5, 0.6) is 0 Å². The van der Waals surface area contributed by atoms with Crippen molar-refractivity contribution < 1.29 is 0 Å². The molecule has 0 saturated carbocycles. The lowest BCUT2D eigenvalue weighted by molar-refractivity contribution is 0.762. The van der Waals surface area contributed by atoms with E-state index in [0.29, 0.717) is 5.92 Å². The van der Waals surface area contributed by atoms with Crippen LogP contribution in [0.25, 0.3) is 0 Å². The van der Waals surface area contributed by atoms with Crippen molar-refractivity contribution in [3.05, 3.63) is 48.0 Å². The van der Waals surface area contributed by atoms with E-state index in [1.165, 1.54) is 11.1 Å². The second kappa shape index (κ2) is 4.10. The number of hydrogen-bond acceptors (Lipinski definition) is 0. The van der Waals surface area contributed by atoms with Crippen LogP contribution in [0.4, 0.5) is 0 Å². The minimum Gasteiger partial charge on any atom is -0.0995 e. The number of rotatable bonds is 3. The lowest BCUT2D eigenvalue weighted by Gasteiger charge is -2.14. The van der Waals surface area contributed by atoms with Crippen molar-refractivity contribution in [3.8, 4) is 0 Å². The van der Waals surface area contributed by atoms with Crippen molar-refractivity contribution in [2.24, 2.45) is 0 Å². The summed E-state index contributed by atoms with van der Waals surface area (Å²) in [6.07, 6.45) is 1.14. The number of allylic oxidation sites excluding steroid dienone is 1. The smallest absolute Gasteiger partial charge is 0.00400 e. The normalized spacial score (nSPS) is 12.5. The van der Waals surface area contributed by atoms with Gasteiger partial charge in [-0.1, -0.05) is 49.4 Å². The van der Waals surface area contributed by atoms with E-state index >= 15 is 0 Å². The van der Waals surface area contributed by atoms with Gasteiger partial charge in [-0.2, -0.15) is 0 Å². The molecule has 0 bridgehead atoms. The Hall–Kier alpha value is -1.04. The fraction of sp³-hybridized carbons (Fsp3) is 0.333. The van der Waals surface area contributed by atoms with E-state index in [-0.39, 0.29) is 0 Å². The predicted octanol–water partition coefficient (Wildman–Crippen LogP) is 3.76. The summed E-state index contributed by atoms with van der Waals surface area (Å²) in [5, 5.41) is 0. The zero-order valence-corrected chi connectivity index (χ0v) is 7.88. The van der Waals surface area contributed by atoms with Gasteiger partial charge in [-0.25, -0.2) is 0 Å².